The molecule has 0 unspecified atom stereocenters. The van der Waals surface area contributed by atoms with Crippen LogP contribution in [0.3, 0.4) is 0 Å². The van der Waals surface area contributed by atoms with Gasteiger partial charge in [0, 0.05) is 28.6 Å². The molecule has 3 aromatic heterocycles. The van der Waals surface area contributed by atoms with Gasteiger partial charge in [-0.2, -0.15) is 0 Å². The van der Waals surface area contributed by atoms with E-state index in [2.05, 4.69) is 28.2 Å². The fraction of sp³-hybridized carbons (Fsp3) is 0.182. The van der Waals surface area contributed by atoms with Gasteiger partial charge in [-0.1, -0.05) is 18.2 Å². The number of H-pyrrole nitrogens is 1. The topological polar surface area (TPSA) is 84.9 Å². The predicted molar refractivity (Wildman–Crippen MR) is 104 cm³/mol. The Balaban J connectivity index is 1.63. The van der Waals surface area contributed by atoms with E-state index < -0.39 is 5.91 Å². The van der Waals surface area contributed by atoms with Crippen LogP contribution in [0.15, 0.2) is 59.4 Å². The van der Waals surface area contributed by atoms with Crippen LogP contribution in [-0.4, -0.2) is 15.9 Å². The fourth-order valence-corrected chi connectivity index (χ4v) is 3.68. The van der Waals surface area contributed by atoms with Gasteiger partial charge in [-0.05, 0) is 54.2 Å². The van der Waals surface area contributed by atoms with Gasteiger partial charge in [0.15, 0.2) is 0 Å². The Morgan fingerprint density at radius 2 is 2.11 bits per heavy atom. The Labute approximate surface area is 156 Å². The Kier molecular flexibility index (Phi) is 3.60. The molecule has 3 N–H and O–H groups in total. The fourth-order valence-electron chi connectivity index (χ4n) is 3.68. The van der Waals surface area contributed by atoms with Crippen LogP contribution in [0.5, 0.6) is 0 Å². The monoisotopic (exact) mass is 357 g/mol. The Morgan fingerprint density at radius 1 is 1.22 bits per heavy atom. The van der Waals surface area contributed by atoms with Gasteiger partial charge in [-0.15, -0.1) is 0 Å². The summed E-state index contributed by atoms with van der Waals surface area (Å²) >= 11 is 0. The molecule has 0 atom stereocenters. The van der Waals surface area contributed by atoms with Gasteiger partial charge in [0.1, 0.15) is 5.69 Å². The van der Waals surface area contributed by atoms with Gasteiger partial charge in [-0.3, -0.25) is 4.79 Å². The summed E-state index contributed by atoms with van der Waals surface area (Å²) in [4.78, 5) is 19.5. The first-order valence-corrected chi connectivity index (χ1v) is 9.12. The highest BCUT2D eigenvalue weighted by Gasteiger charge is 2.24. The highest BCUT2D eigenvalue weighted by molar-refractivity contribution is 5.92. The van der Waals surface area contributed by atoms with Crippen LogP contribution in [0.4, 0.5) is 0 Å². The summed E-state index contributed by atoms with van der Waals surface area (Å²) in [5.74, 6) is 0.187. The maximum absolute atomic E-state index is 11.5. The molecule has 1 aromatic carbocycles. The van der Waals surface area contributed by atoms with Crippen LogP contribution in [-0.2, 0) is 6.42 Å². The molecule has 27 heavy (non-hydrogen) atoms. The third kappa shape index (κ3) is 2.91. The van der Waals surface area contributed by atoms with E-state index in [0.717, 1.165) is 28.0 Å². The maximum atomic E-state index is 11.5. The number of benzene rings is 1. The first kappa shape index (κ1) is 15.9. The SMILES string of the molecule is NC(=O)c1cccc(Cc2c(-c3ccoc3)[nH]c3cc(C4CC4)ccc23)n1. The molecule has 1 saturated carbocycles. The van der Waals surface area contributed by atoms with E-state index in [-0.39, 0.29) is 5.69 Å². The van der Waals surface area contributed by atoms with Crippen LogP contribution >= 0.6 is 0 Å². The summed E-state index contributed by atoms with van der Waals surface area (Å²) in [5, 5.41) is 1.17. The molecule has 0 saturated heterocycles. The minimum atomic E-state index is -0.514. The lowest BCUT2D eigenvalue weighted by Gasteiger charge is -2.05. The zero-order valence-corrected chi connectivity index (χ0v) is 14.7. The molecule has 0 spiro atoms. The second-order valence-corrected chi connectivity index (χ2v) is 7.13. The number of fused-ring (bicyclic) bond motifs is 1. The number of carbonyl (C=O) groups excluding carboxylic acids is 1. The number of hydrogen-bond donors (Lipinski definition) is 2. The number of nitrogens with zero attached hydrogens (tertiary/aromatic N) is 1. The number of amides is 1. The second-order valence-electron chi connectivity index (χ2n) is 7.13. The van der Waals surface area contributed by atoms with Crippen molar-refractivity contribution < 1.29 is 9.21 Å². The molecule has 134 valence electrons. The van der Waals surface area contributed by atoms with Crippen molar-refractivity contribution in [3.63, 3.8) is 0 Å². The zero-order valence-electron chi connectivity index (χ0n) is 14.7. The first-order chi connectivity index (χ1) is 13.2. The lowest BCUT2D eigenvalue weighted by molar-refractivity contribution is 0.0995. The van der Waals surface area contributed by atoms with Crippen molar-refractivity contribution in [2.75, 3.05) is 0 Å². The minimum absolute atomic E-state index is 0.285. The number of primary amides is 1. The Bertz CT molecular complexity index is 1140. The lowest BCUT2D eigenvalue weighted by atomic mass is 10.0. The molecular formula is C22H19N3O2. The highest BCUT2D eigenvalue weighted by Crippen LogP contribution is 2.42. The van der Waals surface area contributed by atoms with Crippen LogP contribution in [0, 0.1) is 0 Å². The molecule has 3 heterocycles. The van der Waals surface area contributed by atoms with Crippen molar-refractivity contribution in [2.24, 2.45) is 5.73 Å². The molecular weight excluding hydrogens is 338 g/mol. The van der Waals surface area contributed by atoms with Crippen molar-refractivity contribution in [1.82, 2.24) is 9.97 Å². The third-order valence-electron chi connectivity index (χ3n) is 5.21. The van der Waals surface area contributed by atoms with E-state index in [1.807, 2.05) is 18.2 Å². The van der Waals surface area contributed by atoms with Gasteiger partial charge < -0.3 is 15.1 Å². The number of aromatic amines is 1. The van der Waals surface area contributed by atoms with E-state index in [1.165, 1.54) is 23.8 Å². The van der Waals surface area contributed by atoms with E-state index in [0.29, 0.717) is 12.3 Å². The summed E-state index contributed by atoms with van der Waals surface area (Å²) in [5.41, 5.74) is 12.2. The van der Waals surface area contributed by atoms with Crippen molar-refractivity contribution in [1.29, 1.82) is 0 Å². The van der Waals surface area contributed by atoms with E-state index in [9.17, 15) is 4.79 Å². The number of hydrogen-bond acceptors (Lipinski definition) is 3. The number of aromatic nitrogens is 2. The summed E-state index contributed by atoms with van der Waals surface area (Å²) in [6, 6.07) is 14.0. The molecule has 1 amide bonds. The van der Waals surface area contributed by atoms with E-state index in [4.69, 9.17) is 10.2 Å². The van der Waals surface area contributed by atoms with E-state index >= 15 is 0 Å². The van der Waals surface area contributed by atoms with Gasteiger partial charge in [0.25, 0.3) is 5.91 Å². The molecule has 5 rings (SSSR count). The first-order valence-electron chi connectivity index (χ1n) is 9.12. The molecule has 0 radical (unpaired) electrons. The average molecular weight is 357 g/mol. The molecule has 4 aromatic rings. The summed E-state index contributed by atoms with van der Waals surface area (Å²) in [7, 11) is 0. The van der Waals surface area contributed by atoms with Gasteiger partial charge in [-0.25, -0.2) is 4.98 Å². The van der Waals surface area contributed by atoms with Crippen molar-refractivity contribution in [3.05, 3.63) is 77.5 Å². The highest BCUT2D eigenvalue weighted by atomic mass is 16.3. The molecule has 1 aliphatic rings. The number of nitrogens with two attached hydrogens (primary N) is 1. The zero-order chi connectivity index (χ0) is 18.4. The van der Waals surface area contributed by atoms with E-state index in [1.54, 1.807) is 18.6 Å². The molecule has 1 fully saturated rings. The van der Waals surface area contributed by atoms with Crippen LogP contribution < -0.4 is 5.73 Å². The largest absolute Gasteiger partial charge is 0.472 e. The smallest absolute Gasteiger partial charge is 0.267 e. The normalized spacial score (nSPS) is 13.9. The van der Waals surface area contributed by atoms with Gasteiger partial charge >= 0.3 is 0 Å². The Hall–Kier alpha value is -3.34. The Morgan fingerprint density at radius 3 is 2.85 bits per heavy atom. The molecule has 1 aliphatic carbocycles. The van der Waals surface area contributed by atoms with Crippen LogP contribution in [0.2, 0.25) is 0 Å². The third-order valence-corrected chi connectivity index (χ3v) is 5.21. The standard InChI is InChI=1S/C22H19N3O2/c23-22(26)19-3-1-2-16(24-19)11-18-17-7-6-14(13-4-5-13)10-20(17)25-21(18)15-8-9-27-12-15/h1-3,6-10,12-13,25H,4-5,11H2,(H2,23,26). The summed E-state index contributed by atoms with van der Waals surface area (Å²) < 4.78 is 5.30. The number of nitrogens with one attached hydrogen (secondary N) is 1. The molecule has 5 nitrogen and oxygen atoms in total. The quantitative estimate of drug-likeness (QED) is 0.555. The molecule has 0 bridgehead atoms. The average Bonchev–Trinajstić information content (AvgIpc) is 3.27. The number of pyridine rings is 1. The lowest BCUT2D eigenvalue weighted by Crippen LogP contribution is -2.13. The number of rotatable bonds is 5. The molecule has 0 aliphatic heterocycles. The number of furan rings is 1. The maximum Gasteiger partial charge on any atom is 0.267 e. The molecule has 5 heteroatoms. The van der Waals surface area contributed by atoms with Crippen LogP contribution in [0.25, 0.3) is 22.2 Å². The summed E-state index contributed by atoms with van der Waals surface area (Å²) in [6.07, 6.45) is 6.56. The number of carbonyl (C=O) groups is 1. The van der Waals surface area contributed by atoms with Gasteiger partial charge in [0.05, 0.1) is 18.2 Å². The van der Waals surface area contributed by atoms with Crippen molar-refractivity contribution >= 4 is 16.8 Å². The second kappa shape index (κ2) is 6.13. The summed E-state index contributed by atoms with van der Waals surface area (Å²) in [6.45, 7) is 0. The predicted octanol–water partition coefficient (Wildman–Crippen LogP) is 4.39. The van der Waals surface area contributed by atoms with Gasteiger partial charge in [0.2, 0.25) is 0 Å². The van der Waals surface area contributed by atoms with Crippen molar-refractivity contribution in [2.45, 2.75) is 25.2 Å². The van der Waals surface area contributed by atoms with Crippen molar-refractivity contribution in [3.8, 4) is 11.3 Å². The minimum Gasteiger partial charge on any atom is -0.472 e. The van der Waals surface area contributed by atoms with Crippen LogP contribution in [0.1, 0.15) is 46.1 Å².